The minimum absolute atomic E-state index is 0.00197. The fourth-order valence-corrected chi connectivity index (χ4v) is 17.7. The van der Waals surface area contributed by atoms with E-state index in [0.29, 0.717) is 91.6 Å². The number of ketones is 2. The summed E-state index contributed by atoms with van der Waals surface area (Å²) in [5.74, 6) is 6.94. The van der Waals surface area contributed by atoms with Gasteiger partial charge in [0.05, 0.1) is 25.2 Å². The van der Waals surface area contributed by atoms with E-state index in [1.54, 1.807) is 30.3 Å². The van der Waals surface area contributed by atoms with Gasteiger partial charge in [-0.2, -0.15) is 0 Å². The van der Waals surface area contributed by atoms with Crippen molar-refractivity contribution in [1.82, 2.24) is 15.6 Å². The number of aromatic nitrogens is 1. The Hall–Kier alpha value is -8.68. The Balaban J connectivity index is 1.04. The molecule has 0 amide bonds. The van der Waals surface area contributed by atoms with Crippen LogP contribution in [0, 0.1) is 76.9 Å². The van der Waals surface area contributed by atoms with Gasteiger partial charge in [0.2, 0.25) is 0 Å². The molecule has 2 fully saturated rings. The Morgan fingerprint density at radius 3 is 2.29 bits per heavy atom. The number of phenolic OH excluding ortho intramolecular Hbond substituents is 3. The number of aliphatic hydroxyl groups is 6. The Kier molecular flexibility index (Phi) is 21.4. The first-order valence-electron chi connectivity index (χ1n) is 35.9. The molecule has 1 aromatic heterocycles. The van der Waals surface area contributed by atoms with Crippen LogP contribution >= 0.6 is 0 Å². The number of benzene rings is 6. The van der Waals surface area contributed by atoms with E-state index in [-0.39, 0.29) is 79.9 Å². The minimum atomic E-state index is -2.01. The minimum Gasteiger partial charge on any atom is -0.508 e. The molecule has 16 atom stereocenters. The standard InChI is InChI=1S/C84H94N4O12/c1-4-11-65-57-34-59-33-52-20-23-67(69-43-77(94)78(100-3)39-53(69)22-25-75(92)83(97)82(96)70(52)37-57)66-17-9-8-16-64(66)56-31-50(68(72(38-56)84(98)99)30-49-14-10-15-62(89)29-49)21-24-74(91)80(59)54-26-27-86-79(40-54)88-73-42-71-51(32-58(73)28-48-12-6-5-7-13-48)18-19-55(81(71)95)36-63(90)46-85-44-47(2)60-35-61(87-45-60)41-76(65)93/h5-10,12-19,26,29,32,35,39-40,42-43,45,47,50,52,56-57,59,63,65,67-68,70,72,74,76,80,83-91,93-95,97-99H,4,11,22,25,27-28,30-31,33-34,36-38,41,44,46H2,1-3H3/t47-,50+,52+,56+,57+,59-,63-,65+,67-,68-,70-,72-,74+,76-,80-,83+/m1/s1. The molecule has 0 unspecified atom stereocenters. The highest BCUT2D eigenvalue weighted by Crippen LogP contribution is 2.51. The van der Waals surface area contributed by atoms with E-state index in [4.69, 9.17) is 4.74 Å². The number of fused-ring (bicyclic) bond motifs is 15. The summed E-state index contributed by atoms with van der Waals surface area (Å²) in [6, 6.07) is 38.3. The van der Waals surface area contributed by atoms with Crippen LogP contribution in [0.2, 0.25) is 0 Å². The van der Waals surface area contributed by atoms with Gasteiger partial charge in [0.15, 0.2) is 35.5 Å². The summed E-state index contributed by atoms with van der Waals surface area (Å²) in [5, 5.41) is 121. The van der Waals surface area contributed by atoms with E-state index in [9.17, 15) is 50.8 Å². The Bertz CT molecular complexity index is 4330. The van der Waals surface area contributed by atoms with Crippen molar-refractivity contribution in [1.29, 1.82) is 0 Å². The number of allylic oxidation sites excluding steroid dienone is 1. The van der Waals surface area contributed by atoms with E-state index in [0.717, 1.165) is 50.0 Å². The Morgan fingerprint density at radius 1 is 0.710 bits per heavy atom. The van der Waals surface area contributed by atoms with Gasteiger partial charge in [0.1, 0.15) is 23.4 Å². The number of anilines is 1. The maximum Gasteiger partial charge on any atom is 0.173 e. The van der Waals surface area contributed by atoms with Crippen molar-refractivity contribution in [3.8, 4) is 46.7 Å². The van der Waals surface area contributed by atoms with Gasteiger partial charge in [0, 0.05) is 91.5 Å². The number of Topliss-reactive ketones (excluding diaryl/α,β-unsaturated/α-hetero) is 2. The zero-order valence-corrected chi connectivity index (χ0v) is 57.2. The van der Waals surface area contributed by atoms with Gasteiger partial charge in [-0.25, -0.2) is 0 Å². The second kappa shape index (κ2) is 30.7. The zero-order chi connectivity index (χ0) is 69.9. The van der Waals surface area contributed by atoms with E-state index in [2.05, 4.69) is 88.8 Å². The monoisotopic (exact) mass is 1350 g/mol. The highest BCUT2D eigenvalue weighted by atomic mass is 16.5. The van der Waals surface area contributed by atoms with Gasteiger partial charge < -0.3 is 71.6 Å². The smallest absolute Gasteiger partial charge is 0.173 e. The van der Waals surface area contributed by atoms with Gasteiger partial charge in [-0.1, -0.05) is 129 Å². The average Bonchev–Trinajstić information content (AvgIpc) is 1.21. The van der Waals surface area contributed by atoms with Crippen LogP contribution < -0.4 is 20.7 Å². The summed E-state index contributed by atoms with van der Waals surface area (Å²) in [6.07, 6.45) is 2.87. The summed E-state index contributed by atoms with van der Waals surface area (Å²) in [6.45, 7) is 5.29. The lowest BCUT2D eigenvalue weighted by Crippen LogP contribution is -2.40. The van der Waals surface area contributed by atoms with Crippen molar-refractivity contribution in [2.24, 2.45) is 53.3 Å². The first-order chi connectivity index (χ1) is 48.4. The maximum atomic E-state index is 15.8. The predicted molar refractivity (Wildman–Crippen MR) is 385 cm³/mol. The molecule has 4 aliphatic carbocycles. The molecule has 0 saturated heterocycles. The first kappa shape index (κ1) is 69.8. The molecule has 2 saturated carbocycles. The number of nitrogens with one attached hydrogen (secondary N) is 4. The van der Waals surface area contributed by atoms with Crippen LogP contribution in [0.5, 0.6) is 23.0 Å². The number of β-amino-alcohol motifs (C(OH)–C–C–N with tert-alkyl or cyclic N) is 1. The second-order valence-corrected chi connectivity index (χ2v) is 29.3. The fourth-order valence-electron chi connectivity index (χ4n) is 17.7. The number of ether oxygens (including phenoxy) is 1. The van der Waals surface area contributed by atoms with E-state index >= 15 is 4.79 Å². The quantitative estimate of drug-likeness (QED) is 0.0383. The number of carbonyl (C=O) groups is 2. The molecule has 13 rings (SSSR count). The van der Waals surface area contributed by atoms with Gasteiger partial charge in [-0.3, -0.25) is 9.59 Å². The lowest BCUT2D eigenvalue weighted by molar-refractivity contribution is -0.142. The third-order valence-electron chi connectivity index (χ3n) is 22.8. The van der Waals surface area contributed by atoms with E-state index < -0.39 is 101 Å². The fraction of sp³-hybridized carbons (Fsp3) is 0.429. The molecule has 7 aromatic rings. The molecule has 2 aliphatic heterocycles. The van der Waals surface area contributed by atoms with Crippen LogP contribution in [0.25, 0.3) is 10.8 Å². The number of hydrogen-bond acceptors (Lipinski definition) is 15. The highest BCUT2D eigenvalue weighted by molar-refractivity contribution is 6.06. The molecule has 16 nitrogen and oxygen atoms in total. The number of phenols is 3. The predicted octanol–water partition coefficient (Wildman–Crippen LogP) is 10.5. The number of aromatic hydroxyl groups is 3. The van der Waals surface area contributed by atoms with Crippen molar-refractivity contribution in [2.75, 3.05) is 32.1 Å². The molecular formula is C84H94N4O12. The molecule has 522 valence electrons. The Morgan fingerprint density at radius 2 is 1.50 bits per heavy atom. The lowest BCUT2D eigenvalue weighted by atomic mass is 9.63. The molecule has 100 heavy (non-hydrogen) atoms. The number of aryl methyl sites for hydroxylation is 1. The number of carbonyl (C=O) groups excluding carboxylic acids is 2. The van der Waals surface area contributed by atoms with Crippen molar-refractivity contribution < 1.29 is 60.3 Å². The number of aliphatic hydroxyl groups excluding tert-OH is 5. The SMILES string of the molecule is CCC[C@H]1[C@H]2C[C@H]3C[C@@H]4C#C[C@@H](c5cc(O)c(OC)cc5CCC(=O)[C@H](O)C(=O)[C@@H]4C2)c2ccccc2[C@H]2C[C@H](C#C[C@H](O)[C@@H]3C3=CCNC(=C3)Nc3cc4c(O)c(ccc4cc3Cc3ccccc3)C[C@@H](O)CNC[C@@H](C)c3c[nH]c(c3)C[C@H]1O)[C@@H](Cc1cccc(O)c1)[C@H](C(O)O)C2. The van der Waals surface area contributed by atoms with Crippen LogP contribution in [-0.4, -0.2) is 120 Å². The number of dihydropyridines is 1. The molecule has 13 bridgehead atoms. The largest absolute Gasteiger partial charge is 0.508 e. The number of H-pyrrole nitrogens is 1. The lowest BCUT2D eigenvalue weighted by Gasteiger charge is -2.42. The van der Waals surface area contributed by atoms with Crippen molar-refractivity contribution in [3.05, 3.63) is 207 Å². The number of aromatic amines is 1. The van der Waals surface area contributed by atoms with Gasteiger partial charge in [0.25, 0.3) is 0 Å². The van der Waals surface area contributed by atoms with Gasteiger partial charge in [-0.05, 0) is 203 Å². The van der Waals surface area contributed by atoms with Crippen molar-refractivity contribution >= 4 is 28.0 Å². The molecule has 6 aliphatic rings. The van der Waals surface area contributed by atoms with Crippen LogP contribution in [0.15, 0.2) is 151 Å². The summed E-state index contributed by atoms with van der Waals surface area (Å²) < 4.78 is 5.70. The van der Waals surface area contributed by atoms with E-state index in [1.165, 1.54) is 7.11 Å². The molecular weight excluding hydrogens is 1260 g/mol. The summed E-state index contributed by atoms with van der Waals surface area (Å²) in [7, 11) is 1.45. The molecule has 13 N–H and O–H groups in total. The second-order valence-electron chi connectivity index (χ2n) is 29.3. The molecule has 16 heteroatoms. The Labute approximate surface area is 585 Å². The van der Waals surface area contributed by atoms with Crippen LogP contribution in [0.3, 0.4) is 0 Å². The van der Waals surface area contributed by atoms with E-state index in [1.807, 2.05) is 79.0 Å². The topological polar surface area (TPSA) is 277 Å². The third-order valence-corrected chi connectivity index (χ3v) is 22.8. The maximum absolute atomic E-state index is 15.8. The van der Waals surface area contributed by atoms with Crippen molar-refractivity contribution in [2.45, 2.75) is 146 Å². The van der Waals surface area contributed by atoms with Crippen molar-refractivity contribution in [3.63, 3.8) is 0 Å². The number of rotatable bonds is 8. The number of methoxy groups -OCH3 is 1. The van der Waals surface area contributed by atoms with Crippen LogP contribution in [-0.2, 0) is 41.7 Å². The van der Waals surface area contributed by atoms with Crippen LogP contribution in [0.4, 0.5) is 5.69 Å². The number of hydrogen-bond donors (Lipinski definition) is 13. The average molecular weight is 1350 g/mol. The molecule has 3 heterocycles. The molecule has 6 aromatic carbocycles. The summed E-state index contributed by atoms with van der Waals surface area (Å²) in [5.41, 5.74) is 9.50. The molecule has 0 radical (unpaired) electrons. The summed E-state index contributed by atoms with van der Waals surface area (Å²) in [4.78, 5) is 34.0. The normalized spacial score (nSPS) is 28.8. The molecule has 0 spiro atoms. The van der Waals surface area contributed by atoms with Gasteiger partial charge in [-0.15, -0.1) is 0 Å². The first-order valence-corrected chi connectivity index (χ1v) is 35.9. The summed E-state index contributed by atoms with van der Waals surface area (Å²) >= 11 is 0. The van der Waals surface area contributed by atoms with Crippen LogP contribution in [0.1, 0.15) is 139 Å². The zero-order valence-electron chi connectivity index (χ0n) is 57.2. The third kappa shape index (κ3) is 15.2. The highest BCUT2D eigenvalue weighted by Gasteiger charge is 2.48. The van der Waals surface area contributed by atoms with Gasteiger partial charge >= 0.3 is 0 Å².